The molecule has 2 aromatic carbocycles. The Balaban J connectivity index is 0.000000281. The number of hydrogen-bond acceptors (Lipinski definition) is 7. The standard InChI is InChI=1S/C18H19NO3.C9H13NO3S/c1-4-21-17-11-14(12-19-3)7-10-16(17)22-18(20)15-8-5-13(2)6-9-15;1-2-3-4-7-10-9(13)6(14-7)5-8(11)12/h5-12H,4H2,1-3H3;4,6H,2-3,5H2,1H3,(H,10,13)(H,11,12)/b;7-4-. The molecular weight excluding hydrogens is 480 g/mol. The summed E-state index contributed by atoms with van der Waals surface area (Å²) in [6.45, 7) is 6.39. The lowest BCUT2D eigenvalue weighted by Crippen LogP contribution is -2.24. The topological polar surface area (TPSA) is 114 Å². The summed E-state index contributed by atoms with van der Waals surface area (Å²) in [7, 11) is 1.70. The van der Waals surface area contributed by atoms with Crippen LogP contribution in [-0.2, 0) is 9.59 Å². The van der Waals surface area contributed by atoms with Crippen LogP contribution in [-0.4, -0.2) is 48.1 Å². The molecule has 1 amide bonds. The molecule has 2 N–H and O–H groups in total. The molecule has 1 fully saturated rings. The van der Waals surface area contributed by atoms with Crippen molar-refractivity contribution >= 4 is 35.8 Å². The summed E-state index contributed by atoms with van der Waals surface area (Å²) in [5.74, 6) is -0.604. The number of carboxylic acid groups (broad SMARTS) is 1. The van der Waals surface area contributed by atoms with Gasteiger partial charge >= 0.3 is 11.9 Å². The summed E-state index contributed by atoms with van der Waals surface area (Å²) in [5.41, 5.74) is 2.49. The van der Waals surface area contributed by atoms with Crippen LogP contribution in [0.2, 0.25) is 0 Å². The molecule has 0 spiro atoms. The SMILES string of the molecule is CCC/C=C1/NC(=O)C(CC(=O)O)S1.CCOc1cc(C=NC)ccc1OC(=O)c1ccc(C)cc1. The molecule has 192 valence electrons. The Bertz CT molecular complexity index is 1110. The van der Waals surface area contributed by atoms with Gasteiger partial charge < -0.3 is 19.9 Å². The van der Waals surface area contributed by atoms with Gasteiger partial charge in [0.25, 0.3) is 0 Å². The molecule has 0 aliphatic carbocycles. The molecular formula is C27H32N2O6S. The van der Waals surface area contributed by atoms with Crippen LogP contribution in [0.4, 0.5) is 0 Å². The number of carboxylic acids is 1. The van der Waals surface area contributed by atoms with Gasteiger partial charge in [0.05, 0.1) is 23.6 Å². The van der Waals surface area contributed by atoms with E-state index >= 15 is 0 Å². The van der Waals surface area contributed by atoms with Gasteiger partial charge in [-0.25, -0.2) is 4.79 Å². The summed E-state index contributed by atoms with van der Waals surface area (Å²) in [6.07, 6.45) is 5.46. The van der Waals surface area contributed by atoms with Gasteiger partial charge in [-0.2, -0.15) is 0 Å². The van der Waals surface area contributed by atoms with Crippen LogP contribution in [0.1, 0.15) is 54.6 Å². The summed E-state index contributed by atoms with van der Waals surface area (Å²) >= 11 is 1.31. The highest BCUT2D eigenvalue weighted by Gasteiger charge is 2.30. The molecule has 36 heavy (non-hydrogen) atoms. The third-order valence-electron chi connectivity index (χ3n) is 4.82. The second-order valence-electron chi connectivity index (χ2n) is 7.83. The number of aryl methyl sites for hydroxylation is 1. The molecule has 0 radical (unpaired) electrons. The zero-order valence-corrected chi connectivity index (χ0v) is 21.8. The summed E-state index contributed by atoms with van der Waals surface area (Å²) < 4.78 is 11.0. The van der Waals surface area contributed by atoms with E-state index in [9.17, 15) is 14.4 Å². The number of ether oxygens (including phenoxy) is 2. The number of hydrogen-bond donors (Lipinski definition) is 2. The normalized spacial score (nSPS) is 15.8. The maximum atomic E-state index is 12.2. The summed E-state index contributed by atoms with van der Waals surface area (Å²) in [4.78, 5) is 37.8. The molecule has 1 saturated heterocycles. The monoisotopic (exact) mass is 512 g/mol. The molecule has 0 aromatic heterocycles. The maximum absolute atomic E-state index is 12.2. The number of amides is 1. The van der Waals surface area contributed by atoms with Crippen molar-refractivity contribution in [1.29, 1.82) is 0 Å². The van der Waals surface area contributed by atoms with Crippen LogP contribution in [0.5, 0.6) is 11.5 Å². The highest BCUT2D eigenvalue weighted by atomic mass is 32.2. The van der Waals surface area contributed by atoms with Crippen molar-refractivity contribution in [3.63, 3.8) is 0 Å². The van der Waals surface area contributed by atoms with Crippen molar-refractivity contribution in [1.82, 2.24) is 5.32 Å². The number of nitrogens with one attached hydrogen (secondary N) is 1. The first-order valence-corrected chi connectivity index (χ1v) is 12.5. The van der Waals surface area contributed by atoms with Crippen molar-refractivity contribution in [2.45, 2.75) is 45.3 Å². The number of unbranched alkanes of at least 4 members (excludes halogenated alkanes) is 1. The number of benzene rings is 2. The lowest BCUT2D eigenvalue weighted by atomic mass is 10.1. The second-order valence-corrected chi connectivity index (χ2v) is 9.08. The minimum Gasteiger partial charge on any atom is -0.490 e. The van der Waals surface area contributed by atoms with Gasteiger partial charge in [0.15, 0.2) is 11.5 Å². The predicted molar refractivity (Wildman–Crippen MR) is 142 cm³/mol. The molecule has 3 rings (SSSR count). The van der Waals surface area contributed by atoms with Gasteiger partial charge in [0.1, 0.15) is 5.25 Å². The first-order chi connectivity index (χ1) is 17.3. The molecule has 1 aliphatic heterocycles. The van der Waals surface area contributed by atoms with Crippen LogP contribution in [0.15, 0.2) is 58.6 Å². The van der Waals surface area contributed by atoms with E-state index < -0.39 is 17.2 Å². The molecule has 0 bridgehead atoms. The zero-order chi connectivity index (χ0) is 26.5. The number of aliphatic imine (C=N–C) groups is 1. The van der Waals surface area contributed by atoms with Gasteiger partial charge in [0.2, 0.25) is 5.91 Å². The van der Waals surface area contributed by atoms with Gasteiger partial charge in [-0.1, -0.05) is 48.9 Å². The first kappa shape index (κ1) is 28.6. The lowest BCUT2D eigenvalue weighted by molar-refractivity contribution is -0.138. The molecule has 1 heterocycles. The van der Waals surface area contributed by atoms with Crippen molar-refractivity contribution in [2.24, 2.45) is 4.99 Å². The van der Waals surface area contributed by atoms with E-state index in [0.717, 1.165) is 29.0 Å². The van der Waals surface area contributed by atoms with Crippen molar-refractivity contribution in [3.8, 4) is 11.5 Å². The highest BCUT2D eigenvalue weighted by Crippen LogP contribution is 2.30. The fourth-order valence-corrected chi connectivity index (χ4v) is 4.13. The van der Waals surface area contributed by atoms with E-state index in [1.165, 1.54) is 11.8 Å². The highest BCUT2D eigenvalue weighted by molar-refractivity contribution is 8.04. The number of allylic oxidation sites excluding steroid dienone is 1. The molecule has 1 unspecified atom stereocenters. The molecule has 9 heteroatoms. The van der Waals surface area contributed by atoms with E-state index in [0.29, 0.717) is 23.7 Å². The quantitative estimate of drug-likeness (QED) is 0.276. The Hall–Kier alpha value is -3.59. The molecule has 8 nitrogen and oxygen atoms in total. The van der Waals surface area contributed by atoms with Crippen LogP contribution in [0.3, 0.4) is 0 Å². The fourth-order valence-electron chi connectivity index (χ4n) is 3.06. The Morgan fingerprint density at radius 1 is 1.14 bits per heavy atom. The lowest BCUT2D eigenvalue weighted by Gasteiger charge is -2.11. The molecule has 0 saturated carbocycles. The van der Waals surface area contributed by atoms with E-state index in [1.807, 2.05) is 45.0 Å². The fraction of sp³-hybridized carbons (Fsp3) is 0.333. The van der Waals surface area contributed by atoms with E-state index in [2.05, 4.69) is 10.3 Å². The van der Waals surface area contributed by atoms with Crippen LogP contribution < -0.4 is 14.8 Å². The minimum atomic E-state index is -0.936. The number of rotatable bonds is 9. The number of thioether (sulfide) groups is 1. The average molecular weight is 513 g/mol. The summed E-state index contributed by atoms with van der Waals surface area (Å²) in [5, 5.41) is 11.5. The largest absolute Gasteiger partial charge is 0.490 e. The van der Waals surface area contributed by atoms with Crippen molar-refractivity contribution in [2.75, 3.05) is 13.7 Å². The second kappa shape index (κ2) is 14.7. The number of nitrogens with zero attached hydrogens (tertiary/aromatic N) is 1. The minimum absolute atomic E-state index is 0.111. The van der Waals surface area contributed by atoms with Crippen LogP contribution in [0.25, 0.3) is 0 Å². The number of carbonyl (C=O) groups excluding carboxylic acids is 2. The Kier molecular flexibility index (Phi) is 11.7. The first-order valence-electron chi connectivity index (χ1n) is 11.6. The van der Waals surface area contributed by atoms with E-state index in [4.69, 9.17) is 14.6 Å². The average Bonchev–Trinajstić information content (AvgIpc) is 3.18. The zero-order valence-electron chi connectivity index (χ0n) is 20.9. The molecule has 1 atom stereocenters. The third-order valence-corrected chi connectivity index (χ3v) is 6.01. The van der Waals surface area contributed by atoms with Gasteiger partial charge in [-0.15, -0.1) is 0 Å². The Morgan fingerprint density at radius 2 is 1.86 bits per heavy atom. The van der Waals surface area contributed by atoms with E-state index in [-0.39, 0.29) is 12.3 Å². The number of esters is 1. The third kappa shape index (κ3) is 9.22. The van der Waals surface area contributed by atoms with Crippen LogP contribution >= 0.6 is 11.8 Å². The summed E-state index contributed by atoms with van der Waals surface area (Å²) in [6, 6.07) is 12.6. The Labute approximate surface area is 215 Å². The molecule has 1 aliphatic rings. The van der Waals surface area contributed by atoms with Gasteiger partial charge in [-0.3, -0.25) is 14.6 Å². The van der Waals surface area contributed by atoms with Gasteiger partial charge in [0, 0.05) is 13.3 Å². The van der Waals surface area contributed by atoms with Crippen molar-refractivity contribution < 1.29 is 29.0 Å². The maximum Gasteiger partial charge on any atom is 0.343 e. The van der Waals surface area contributed by atoms with Crippen molar-refractivity contribution in [3.05, 3.63) is 70.3 Å². The van der Waals surface area contributed by atoms with Crippen LogP contribution in [0, 0.1) is 6.92 Å². The molecule has 2 aromatic rings. The van der Waals surface area contributed by atoms with E-state index in [1.54, 1.807) is 37.5 Å². The number of carbonyl (C=O) groups is 3. The number of aliphatic carboxylic acids is 1. The smallest absolute Gasteiger partial charge is 0.343 e. The van der Waals surface area contributed by atoms with Gasteiger partial charge in [-0.05, 0) is 56.2 Å². The predicted octanol–water partition coefficient (Wildman–Crippen LogP) is 5.00. The Morgan fingerprint density at radius 3 is 2.47 bits per heavy atom.